The van der Waals surface area contributed by atoms with E-state index in [4.69, 9.17) is 0 Å². The van der Waals surface area contributed by atoms with Gasteiger partial charge in [-0.25, -0.2) is 4.98 Å². The van der Waals surface area contributed by atoms with Gasteiger partial charge in [-0.3, -0.25) is 4.79 Å². The lowest BCUT2D eigenvalue weighted by atomic mass is 10.2. The second kappa shape index (κ2) is 6.63. The number of carbonyl (C=O) groups excluding carboxylic acids is 1. The highest BCUT2D eigenvalue weighted by atomic mass is 79.9. The number of thiophene rings is 1. The summed E-state index contributed by atoms with van der Waals surface area (Å²) in [5, 5.41) is 2.99. The molecule has 0 radical (unpaired) electrons. The first-order valence-corrected chi connectivity index (χ1v) is 8.52. The fraction of sp³-hybridized carbons (Fsp3) is 0.385. The summed E-state index contributed by atoms with van der Waals surface area (Å²) in [5.41, 5.74) is 0.928. The summed E-state index contributed by atoms with van der Waals surface area (Å²) in [6.07, 6.45) is 2.79. The molecule has 3 nitrogen and oxygen atoms in total. The van der Waals surface area contributed by atoms with Crippen molar-refractivity contribution in [3.8, 4) is 0 Å². The van der Waals surface area contributed by atoms with Crippen molar-refractivity contribution in [1.29, 1.82) is 0 Å². The molecule has 2 rings (SSSR count). The average molecular weight is 359 g/mol. The van der Waals surface area contributed by atoms with Gasteiger partial charge < -0.3 is 4.90 Å². The Morgan fingerprint density at radius 3 is 2.89 bits per heavy atom. The van der Waals surface area contributed by atoms with Gasteiger partial charge in [0, 0.05) is 21.8 Å². The van der Waals surface area contributed by atoms with Crippen LogP contribution in [0.3, 0.4) is 0 Å². The molecule has 0 spiro atoms. The van der Waals surface area contributed by atoms with Crippen LogP contribution in [-0.4, -0.2) is 18.3 Å². The van der Waals surface area contributed by atoms with Crippen molar-refractivity contribution in [3.05, 3.63) is 31.4 Å². The molecule has 0 amide bonds. The summed E-state index contributed by atoms with van der Waals surface area (Å²) >= 11 is 6.65. The summed E-state index contributed by atoms with van der Waals surface area (Å²) in [7, 11) is 2.01. The minimum Gasteiger partial charge on any atom is -0.346 e. The Bertz CT molecular complexity index is 565. The lowest BCUT2D eigenvalue weighted by molar-refractivity contribution is 0.112. The molecule has 0 aromatic carbocycles. The molecule has 0 saturated carbocycles. The molecule has 2 aromatic rings. The lowest BCUT2D eigenvalue weighted by Crippen LogP contribution is -2.15. The van der Waals surface area contributed by atoms with Gasteiger partial charge in [-0.2, -0.15) is 0 Å². The van der Waals surface area contributed by atoms with Gasteiger partial charge in [0.25, 0.3) is 0 Å². The van der Waals surface area contributed by atoms with Gasteiger partial charge in [-0.1, -0.05) is 24.7 Å². The van der Waals surface area contributed by atoms with E-state index in [1.54, 1.807) is 11.3 Å². The highest BCUT2D eigenvalue weighted by molar-refractivity contribution is 9.10. The third-order valence-corrected chi connectivity index (χ3v) is 5.47. The Hall–Kier alpha value is -0.720. The smallest absolute Gasteiger partial charge is 0.186 e. The molecule has 102 valence electrons. The Morgan fingerprint density at radius 2 is 2.32 bits per heavy atom. The molecule has 6 heteroatoms. The van der Waals surface area contributed by atoms with Crippen molar-refractivity contribution < 1.29 is 4.79 Å². The molecular weight excluding hydrogens is 344 g/mol. The highest BCUT2D eigenvalue weighted by Gasteiger charge is 2.13. The van der Waals surface area contributed by atoms with E-state index in [1.165, 1.54) is 16.2 Å². The van der Waals surface area contributed by atoms with Crippen LogP contribution in [0.4, 0.5) is 5.13 Å². The molecule has 0 aliphatic heterocycles. The number of halogens is 1. The number of thiazole rings is 1. The van der Waals surface area contributed by atoms with Crippen LogP contribution in [0.15, 0.2) is 15.9 Å². The fourth-order valence-electron chi connectivity index (χ4n) is 1.76. The highest BCUT2D eigenvalue weighted by Crippen LogP contribution is 2.28. The first-order valence-electron chi connectivity index (χ1n) is 6.03. The van der Waals surface area contributed by atoms with Gasteiger partial charge in [0.2, 0.25) is 0 Å². The van der Waals surface area contributed by atoms with E-state index < -0.39 is 0 Å². The predicted octanol–water partition coefficient (Wildman–Crippen LogP) is 4.37. The van der Waals surface area contributed by atoms with E-state index >= 15 is 0 Å². The van der Waals surface area contributed by atoms with Crippen LogP contribution in [0.1, 0.15) is 33.6 Å². The molecule has 0 N–H and O–H groups in total. The lowest BCUT2D eigenvalue weighted by Gasteiger charge is -2.14. The van der Waals surface area contributed by atoms with Crippen LogP contribution in [0.5, 0.6) is 0 Å². The standard InChI is InChI=1S/C13H15BrN2OS2/c1-3-4-11-12(7-17)19-13(15-11)16(2)6-10-5-9(14)8-18-10/h5,7-8H,3-4,6H2,1-2H3. The average Bonchev–Trinajstić information content (AvgIpc) is 2.96. The number of aryl methyl sites for hydroxylation is 1. The second-order valence-corrected chi connectivity index (χ2v) is 7.18. The first-order chi connectivity index (χ1) is 9.13. The zero-order chi connectivity index (χ0) is 13.8. The number of nitrogens with zero attached hydrogens (tertiary/aromatic N) is 2. The second-order valence-electron chi connectivity index (χ2n) is 4.26. The molecule has 2 aromatic heterocycles. The van der Waals surface area contributed by atoms with Crippen LogP contribution in [0.2, 0.25) is 0 Å². The number of aldehydes is 1. The predicted molar refractivity (Wildman–Crippen MR) is 85.6 cm³/mol. The third-order valence-electron chi connectivity index (χ3n) is 2.65. The first kappa shape index (κ1) is 14.7. The SMILES string of the molecule is CCCc1nc(N(C)Cc2cc(Br)cs2)sc1C=O. The maximum atomic E-state index is 11.0. The van der Waals surface area contributed by atoms with Crippen LogP contribution in [0.25, 0.3) is 0 Å². The van der Waals surface area contributed by atoms with Crippen LogP contribution < -0.4 is 4.90 Å². The largest absolute Gasteiger partial charge is 0.346 e. The maximum absolute atomic E-state index is 11.0. The van der Waals surface area contributed by atoms with Gasteiger partial charge in [-0.05, 0) is 28.4 Å². The fourth-order valence-corrected chi connectivity index (χ4v) is 4.15. The third kappa shape index (κ3) is 3.64. The van der Waals surface area contributed by atoms with Gasteiger partial charge in [0.05, 0.1) is 17.1 Å². The van der Waals surface area contributed by atoms with E-state index in [2.05, 4.69) is 44.2 Å². The van der Waals surface area contributed by atoms with Gasteiger partial charge in [0.15, 0.2) is 11.4 Å². The van der Waals surface area contributed by atoms with Crippen LogP contribution in [-0.2, 0) is 13.0 Å². The van der Waals surface area contributed by atoms with Gasteiger partial charge >= 0.3 is 0 Å². The maximum Gasteiger partial charge on any atom is 0.186 e. The molecule has 0 saturated heterocycles. The van der Waals surface area contributed by atoms with Crippen molar-refractivity contribution in [1.82, 2.24) is 4.98 Å². The summed E-state index contributed by atoms with van der Waals surface area (Å²) in [6, 6.07) is 2.11. The minimum absolute atomic E-state index is 0.760. The zero-order valence-electron chi connectivity index (χ0n) is 10.9. The Labute approximate surface area is 129 Å². The molecule has 0 atom stereocenters. The molecule has 0 fully saturated rings. The molecule has 2 heterocycles. The van der Waals surface area contributed by atoms with Crippen LogP contribution in [0, 0.1) is 0 Å². The number of rotatable bonds is 6. The normalized spacial score (nSPS) is 10.7. The summed E-state index contributed by atoms with van der Waals surface area (Å²) in [4.78, 5) is 19.8. The van der Waals surface area contributed by atoms with E-state index in [0.29, 0.717) is 0 Å². The van der Waals surface area contributed by atoms with Crippen molar-refractivity contribution in [2.45, 2.75) is 26.3 Å². The van der Waals surface area contributed by atoms with Gasteiger partial charge in [0.1, 0.15) is 0 Å². The Morgan fingerprint density at radius 1 is 1.53 bits per heavy atom. The molecule has 0 aliphatic rings. The molecule has 19 heavy (non-hydrogen) atoms. The summed E-state index contributed by atoms with van der Waals surface area (Å²) < 4.78 is 1.11. The van der Waals surface area contributed by atoms with Gasteiger partial charge in [-0.15, -0.1) is 11.3 Å². The van der Waals surface area contributed by atoms with E-state index in [0.717, 1.165) is 45.8 Å². The number of anilines is 1. The van der Waals surface area contributed by atoms with E-state index in [1.807, 2.05) is 7.05 Å². The minimum atomic E-state index is 0.760. The molecule has 0 unspecified atom stereocenters. The molecule has 0 bridgehead atoms. The Kier molecular flexibility index (Phi) is 5.13. The van der Waals surface area contributed by atoms with Crippen molar-refractivity contribution in [3.63, 3.8) is 0 Å². The molecule has 0 aliphatic carbocycles. The zero-order valence-corrected chi connectivity index (χ0v) is 14.1. The quantitative estimate of drug-likeness (QED) is 0.718. The number of carbonyl (C=O) groups is 1. The van der Waals surface area contributed by atoms with Crippen molar-refractivity contribution >= 4 is 50.0 Å². The monoisotopic (exact) mass is 358 g/mol. The Balaban J connectivity index is 2.14. The topological polar surface area (TPSA) is 33.2 Å². The van der Waals surface area contributed by atoms with E-state index in [-0.39, 0.29) is 0 Å². The summed E-state index contributed by atoms with van der Waals surface area (Å²) in [6.45, 7) is 2.91. The molecular formula is C13H15BrN2OS2. The van der Waals surface area contributed by atoms with Crippen molar-refractivity contribution in [2.75, 3.05) is 11.9 Å². The summed E-state index contributed by atoms with van der Waals surface area (Å²) in [5.74, 6) is 0. The number of hydrogen-bond donors (Lipinski definition) is 0. The van der Waals surface area contributed by atoms with E-state index in [9.17, 15) is 4.79 Å². The number of aromatic nitrogens is 1. The van der Waals surface area contributed by atoms with Crippen LogP contribution >= 0.6 is 38.6 Å². The van der Waals surface area contributed by atoms with Crippen molar-refractivity contribution in [2.24, 2.45) is 0 Å². The number of hydrogen-bond acceptors (Lipinski definition) is 5.